The number of benzene rings is 1. The fourth-order valence-corrected chi connectivity index (χ4v) is 3.38. The van der Waals surface area contributed by atoms with Crippen LogP contribution in [0.3, 0.4) is 0 Å². The van der Waals surface area contributed by atoms with Crippen molar-refractivity contribution in [2.75, 3.05) is 19.7 Å². The highest BCUT2D eigenvalue weighted by Crippen LogP contribution is 2.37. The number of ether oxygens (including phenoxy) is 1. The van der Waals surface area contributed by atoms with Gasteiger partial charge in [0.05, 0.1) is 6.10 Å². The fourth-order valence-electron chi connectivity index (χ4n) is 3.38. The molecule has 2 saturated heterocycles. The molecule has 3 unspecified atom stereocenters. The molecule has 98 valence electrons. The number of nitrogens with one attached hydrogen (secondary N) is 1. The molecule has 0 radical (unpaired) electrons. The maximum absolute atomic E-state index is 14.0. The van der Waals surface area contributed by atoms with E-state index in [1.165, 1.54) is 0 Å². The molecule has 1 aromatic rings. The number of hydrogen-bond acceptors (Lipinski definition) is 2. The van der Waals surface area contributed by atoms with Gasteiger partial charge < -0.3 is 10.1 Å². The summed E-state index contributed by atoms with van der Waals surface area (Å²) in [5.74, 6) is 0.642. The minimum Gasteiger partial charge on any atom is -0.378 e. The Labute approximate surface area is 108 Å². The Kier molecular flexibility index (Phi) is 3.62. The zero-order valence-corrected chi connectivity index (χ0v) is 10.6. The van der Waals surface area contributed by atoms with Crippen LogP contribution in [0, 0.1) is 11.7 Å². The van der Waals surface area contributed by atoms with Gasteiger partial charge in [0.1, 0.15) is 5.82 Å². The summed E-state index contributed by atoms with van der Waals surface area (Å²) in [6.45, 7) is 2.76. The van der Waals surface area contributed by atoms with Crippen molar-refractivity contribution in [2.24, 2.45) is 5.92 Å². The lowest BCUT2D eigenvalue weighted by Crippen LogP contribution is -2.40. The molecule has 2 fully saturated rings. The van der Waals surface area contributed by atoms with Gasteiger partial charge in [0, 0.05) is 19.1 Å². The van der Waals surface area contributed by atoms with Crippen LogP contribution in [0.2, 0.25) is 0 Å². The minimum absolute atomic E-state index is 0.0748. The van der Waals surface area contributed by atoms with Gasteiger partial charge in [0.15, 0.2) is 0 Å². The summed E-state index contributed by atoms with van der Waals surface area (Å²) in [7, 11) is 0. The molecule has 2 heterocycles. The lowest BCUT2D eigenvalue weighted by molar-refractivity contribution is 0.0405. The van der Waals surface area contributed by atoms with Crippen molar-refractivity contribution in [3.05, 3.63) is 35.6 Å². The highest BCUT2D eigenvalue weighted by atomic mass is 19.1. The van der Waals surface area contributed by atoms with Crippen molar-refractivity contribution in [3.8, 4) is 0 Å². The van der Waals surface area contributed by atoms with Gasteiger partial charge in [0.25, 0.3) is 0 Å². The van der Waals surface area contributed by atoms with Crippen LogP contribution in [0.25, 0.3) is 0 Å². The first-order chi connectivity index (χ1) is 8.86. The molecule has 2 aliphatic rings. The quantitative estimate of drug-likeness (QED) is 0.870. The molecule has 1 aromatic carbocycles. The third kappa shape index (κ3) is 2.29. The second-order valence-corrected chi connectivity index (χ2v) is 5.34. The molecule has 3 rings (SSSR count). The van der Waals surface area contributed by atoms with E-state index in [-0.39, 0.29) is 11.7 Å². The van der Waals surface area contributed by atoms with Crippen LogP contribution in [0.1, 0.15) is 30.7 Å². The molecule has 0 spiro atoms. The summed E-state index contributed by atoms with van der Waals surface area (Å²) in [6.07, 6.45) is 3.70. The van der Waals surface area contributed by atoms with Crippen molar-refractivity contribution in [1.29, 1.82) is 0 Å². The standard InChI is InChI=1S/C15H20FNO/c16-14-5-2-1-4-11(14)13-10-17-8-7-12(13)15-6-3-9-18-15/h1-2,4-5,12-13,15,17H,3,6-10H2. The Morgan fingerprint density at radius 2 is 2.11 bits per heavy atom. The second kappa shape index (κ2) is 5.37. The van der Waals surface area contributed by atoms with Gasteiger partial charge in [-0.3, -0.25) is 0 Å². The topological polar surface area (TPSA) is 21.3 Å². The predicted molar refractivity (Wildman–Crippen MR) is 69.1 cm³/mol. The predicted octanol–water partition coefficient (Wildman–Crippen LogP) is 2.70. The molecule has 1 N–H and O–H groups in total. The van der Waals surface area contributed by atoms with Crippen LogP contribution in [-0.4, -0.2) is 25.8 Å². The number of piperidine rings is 1. The van der Waals surface area contributed by atoms with Crippen molar-refractivity contribution in [2.45, 2.75) is 31.3 Å². The fraction of sp³-hybridized carbons (Fsp3) is 0.600. The molecule has 2 aliphatic heterocycles. The molecule has 0 amide bonds. The van der Waals surface area contributed by atoms with Gasteiger partial charge in [-0.25, -0.2) is 4.39 Å². The van der Waals surface area contributed by atoms with E-state index in [2.05, 4.69) is 5.32 Å². The first-order valence-corrected chi connectivity index (χ1v) is 6.93. The molecular formula is C15H20FNO. The van der Waals surface area contributed by atoms with E-state index < -0.39 is 0 Å². The first-order valence-electron chi connectivity index (χ1n) is 6.93. The van der Waals surface area contributed by atoms with Gasteiger partial charge in [0.2, 0.25) is 0 Å². The molecule has 18 heavy (non-hydrogen) atoms. The Balaban J connectivity index is 1.85. The van der Waals surface area contributed by atoms with Crippen LogP contribution in [0.4, 0.5) is 4.39 Å². The van der Waals surface area contributed by atoms with Crippen LogP contribution >= 0.6 is 0 Å². The summed E-state index contributed by atoms with van der Waals surface area (Å²) >= 11 is 0. The van der Waals surface area contributed by atoms with Gasteiger partial charge in [-0.2, -0.15) is 0 Å². The van der Waals surface area contributed by atoms with Crippen LogP contribution in [0.5, 0.6) is 0 Å². The zero-order chi connectivity index (χ0) is 12.4. The lowest BCUT2D eigenvalue weighted by Gasteiger charge is -2.36. The summed E-state index contributed by atoms with van der Waals surface area (Å²) in [5, 5.41) is 3.39. The maximum atomic E-state index is 14.0. The molecule has 0 aliphatic carbocycles. The van der Waals surface area contributed by atoms with E-state index in [9.17, 15) is 4.39 Å². The smallest absolute Gasteiger partial charge is 0.126 e. The van der Waals surface area contributed by atoms with E-state index in [1.54, 1.807) is 12.1 Å². The van der Waals surface area contributed by atoms with Gasteiger partial charge in [-0.1, -0.05) is 18.2 Å². The molecule has 2 nitrogen and oxygen atoms in total. The maximum Gasteiger partial charge on any atom is 0.126 e. The average molecular weight is 249 g/mol. The minimum atomic E-state index is -0.0748. The van der Waals surface area contributed by atoms with E-state index in [0.717, 1.165) is 44.5 Å². The third-order valence-corrected chi connectivity index (χ3v) is 4.28. The number of rotatable bonds is 2. The van der Waals surface area contributed by atoms with Gasteiger partial charge in [-0.15, -0.1) is 0 Å². The number of halogens is 1. The summed E-state index contributed by atoms with van der Waals surface area (Å²) in [5.41, 5.74) is 0.852. The highest BCUT2D eigenvalue weighted by Gasteiger charge is 2.35. The largest absolute Gasteiger partial charge is 0.378 e. The van der Waals surface area contributed by atoms with Crippen molar-refractivity contribution < 1.29 is 9.13 Å². The normalized spacial score (nSPS) is 32.6. The van der Waals surface area contributed by atoms with Crippen LogP contribution in [0.15, 0.2) is 24.3 Å². The third-order valence-electron chi connectivity index (χ3n) is 4.28. The first kappa shape index (κ1) is 12.1. The van der Waals surface area contributed by atoms with E-state index in [0.29, 0.717) is 12.0 Å². The number of hydrogen-bond donors (Lipinski definition) is 1. The Morgan fingerprint density at radius 3 is 2.89 bits per heavy atom. The highest BCUT2D eigenvalue weighted by molar-refractivity contribution is 5.24. The summed E-state index contributed by atoms with van der Waals surface area (Å²) in [4.78, 5) is 0. The Morgan fingerprint density at radius 1 is 1.22 bits per heavy atom. The monoisotopic (exact) mass is 249 g/mol. The lowest BCUT2D eigenvalue weighted by atomic mass is 9.77. The van der Waals surface area contributed by atoms with Crippen LogP contribution in [-0.2, 0) is 4.74 Å². The van der Waals surface area contributed by atoms with E-state index in [4.69, 9.17) is 4.74 Å². The Hall–Kier alpha value is -0.930. The van der Waals surface area contributed by atoms with Gasteiger partial charge >= 0.3 is 0 Å². The second-order valence-electron chi connectivity index (χ2n) is 5.34. The molecule has 3 heteroatoms. The zero-order valence-electron chi connectivity index (χ0n) is 10.6. The van der Waals surface area contributed by atoms with E-state index >= 15 is 0 Å². The summed E-state index contributed by atoms with van der Waals surface area (Å²) < 4.78 is 19.8. The van der Waals surface area contributed by atoms with Crippen molar-refractivity contribution in [1.82, 2.24) is 5.32 Å². The van der Waals surface area contributed by atoms with Gasteiger partial charge in [-0.05, 0) is 43.4 Å². The van der Waals surface area contributed by atoms with Crippen molar-refractivity contribution >= 4 is 0 Å². The molecule has 0 bridgehead atoms. The molecule has 3 atom stereocenters. The summed E-state index contributed by atoms with van der Waals surface area (Å²) in [6, 6.07) is 7.18. The Bertz CT molecular complexity index is 403. The molecule has 0 aromatic heterocycles. The average Bonchev–Trinajstić information content (AvgIpc) is 2.93. The molecule has 0 saturated carbocycles. The van der Waals surface area contributed by atoms with E-state index in [1.807, 2.05) is 12.1 Å². The molecular weight excluding hydrogens is 229 g/mol. The van der Waals surface area contributed by atoms with Crippen molar-refractivity contribution in [3.63, 3.8) is 0 Å². The SMILES string of the molecule is Fc1ccccc1C1CNCCC1C1CCCO1. The van der Waals surface area contributed by atoms with Crippen LogP contribution < -0.4 is 5.32 Å².